The van der Waals surface area contributed by atoms with Gasteiger partial charge in [-0.1, -0.05) is 11.8 Å². The standard InChI is InChI=1S/C21H23N7OS/c1-13(22)18-4-5-20(23)28(26-18)21(24)30-17-2-3-19-14(11-17)10-15(12-25-19)27-8-6-16(29)7-9-27/h2-5,10-12,16,22-24,29H,6-9H2,1H3. The number of pyridine rings is 1. The minimum absolute atomic E-state index is 0.0922. The molecule has 0 saturated carbocycles. The van der Waals surface area contributed by atoms with Gasteiger partial charge in [-0.15, -0.1) is 0 Å². The number of aromatic nitrogens is 3. The topological polar surface area (TPSA) is 126 Å². The van der Waals surface area contributed by atoms with Crippen LogP contribution in [0.25, 0.3) is 10.9 Å². The maximum absolute atomic E-state index is 9.73. The van der Waals surface area contributed by atoms with Crippen molar-refractivity contribution in [1.29, 1.82) is 16.2 Å². The molecule has 8 nitrogen and oxygen atoms in total. The van der Waals surface area contributed by atoms with Crippen LogP contribution in [-0.4, -0.2) is 49.9 Å². The Morgan fingerprint density at radius 1 is 1.13 bits per heavy atom. The minimum Gasteiger partial charge on any atom is -0.393 e. The maximum Gasteiger partial charge on any atom is 0.188 e. The molecule has 1 aliphatic rings. The van der Waals surface area contributed by atoms with E-state index in [2.05, 4.69) is 21.0 Å². The normalized spacial score (nSPS) is 14.8. The van der Waals surface area contributed by atoms with Crippen LogP contribution in [0.15, 0.2) is 47.5 Å². The molecule has 0 radical (unpaired) electrons. The van der Waals surface area contributed by atoms with E-state index in [9.17, 15) is 5.11 Å². The quantitative estimate of drug-likeness (QED) is 0.294. The van der Waals surface area contributed by atoms with Crippen molar-refractivity contribution in [2.24, 2.45) is 0 Å². The van der Waals surface area contributed by atoms with Gasteiger partial charge in [0.25, 0.3) is 0 Å². The molecule has 154 valence electrons. The highest BCUT2D eigenvalue weighted by Crippen LogP contribution is 2.27. The summed E-state index contributed by atoms with van der Waals surface area (Å²) in [4.78, 5) is 7.65. The molecule has 3 aromatic rings. The molecule has 0 unspecified atom stereocenters. The van der Waals surface area contributed by atoms with E-state index in [1.54, 1.807) is 19.1 Å². The van der Waals surface area contributed by atoms with Crippen molar-refractivity contribution < 1.29 is 5.11 Å². The van der Waals surface area contributed by atoms with Gasteiger partial charge in [-0.05, 0) is 56.2 Å². The van der Waals surface area contributed by atoms with Gasteiger partial charge in [-0.3, -0.25) is 15.8 Å². The largest absolute Gasteiger partial charge is 0.393 e. The van der Waals surface area contributed by atoms with Crippen molar-refractivity contribution in [2.75, 3.05) is 18.0 Å². The summed E-state index contributed by atoms with van der Waals surface area (Å²) >= 11 is 1.21. The van der Waals surface area contributed by atoms with Crippen molar-refractivity contribution in [2.45, 2.75) is 30.8 Å². The Labute approximate surface area is 178 Å². The van der Waals surface area contributed by atoms with Gasteiger partial charge >= 0.3 is 0 Å². The summed E-state index contributed by atoms with van der Waals surface area (Å²) in [7, 11) is 0. The first-order chi connectivity index (χ1) is 14.4. The van der Waals surface area contributed by atoms with Gasteiger partial charge in [0.2, 0.25) is 0 Å². The molecule has 4 rings (SSSR count). The first kappa shape index (κ1) is 20.2. The fourth-order valence-corrected chi connectivity index (χ4v) is 4.16. The Balaban J connectivity index is 1.59. The lowest BCUT2D eigenvalue weighted by atomic mass is 10.1. The van der Waals surface area contributed by atoms with Crippen molar-refractivity contribution in [3.8, 4) is 0 Å². The zero-order chi connectivity index (χ0) is 21.3. The monoisotopic (exact) mass is 421 g/mol. The number of nitrogens with zero attached hydrogens (tertiary/aromatic N) is 4. The van der Waals surface area contributed by atoms with Crippen LogP contribution >= 0.6 is 11.8 Å². The smallest absolute Gasteiger partial charge is 0.188 e. The molecule has 1 aliphatic heterocycles. The summed E-state index contributed by atoms with van der Waals surface area (Å²) in [6, 6.07) is 11.1. The molecule has 1 aromatic carbocycles. The van der Waals surface area contributed by atoms with E-state index < -0.39 is 0 Å². The number of fused-ring (bicyclic) bond motifs is 1. The number of thioether (sulfide) groups is 1. The van der Waals surface area contributed by atoms with Crippen molar-refractivity contribution in [3.63, 3.8) is 0 Å². The molecule has 0 atom stereocenters. The molecule has 0 amide bonds. The molecule has 3 heterocycles. The molecule has 30 heavy (non-hydrogen) atoms. The van der Waals surface area contributed by atoms with Crippen molar-refractivity contribution >= 4 is 39.2 Å². The third-order valence-corrected chi connectivity index (χ3v) is 5.95. The van der Waals surface area contributed by atoms with Crippen LogP contribution in [0.1, 0.15) is 25.5 Å². The first-order valence-electron chi connectivity index (χ1n) is 9.71. The summed E-state index contributed by atoms with van der Waals surface area (Å²) in [5.74, 6) is 0. The van der Waals surface area contributed by atoms with Crippen LogP contribution in [0.5, 0.6) is 0 Å². The van der Waals surface area contributed by atoms with E-state index in [1.807, 2.05) is 24.4 Å². The number of anilines is 1. The molecule has 1 saturated heterocycles. The van der Waals surface area contributed by atoms with Crippen LogP contribution in [0, 0.1) is 16.2 Å². The summed E-state index contributed by atoms with van der Waals surface area (Å²) < 4.78 is 1.23. The molecular weight excluding hydrogens is 398 g/mol. The van der Waals surface area contributed by atoms with Crippen LogP contribution < -0.4 is 10.4 Å². The highest BCUT2D eigenvalue weighted by atomic mass is 32.2. The molecule has 0 bridgehead atoms. The predicted molar refractivity (Wildman–Crippen MR) is 119 cm³/mol. The molecular formula is C21H23N7OS. The van der Waals surface area contributed by atoms with Crippen molar-refractivity contribution in [1.82, 2.24) is 14.8 Å². The van der Waals surface area contributed by atoms with Crippen LogP contribution in [0.3, 0.4) is 0 Å². The minimum atomic E-state index is -0.216. The van der Waals surface area contributed by atoms with Gasteiger partial charge in [0.05, 0.1) is 29.2 Å². The molecule has 4 N–H and O–H groups in total. The average Bonchev–Trinajstić information content (AvgIpc) is 2.74. The van der Waals surface area contributed by atoms with E-state index in [-0.39, 0.29) is 22.5 Å². The number of aliphatic hydroxyl groups excluding tert-OH is 1. The summed E-state index contributed by atoms with van der Waals surface area (Å²) in [6.07, 6.45) is 3.18. The second-order valence-electron chi connectivity index (χ2n) is 7.31. The summed E-state index contributed by atoms with van der Waals surface area (Å²) in [5.41, 5.74) is 2.73. The van der Waals surface area contributed by atoms with Gasteiger partial charge in [0, 0.05) is 23.4 Å². The molecule has 0 aliphatic carbocycles. The SMILES string of the molecule is CC(=N)c1ccc(=N)n(C(=N)Sc2ccc3ncc(N4CCC(O)CC4)cc3c2)n1. The molecule has 9 heteroatoms. The van der Waals surface area contributed by atoms with Crippen molar-refractivity contribution in [3.05, 3.63) is 53.8 Å². The average molecular weight is 422 g/mol. The Morgan fingerprint density at radius 2 is 1.90 bits per heavy atom. The van der Waals surface area contributed by atoms with E-state index >= 15 is 0 Å². The molecule has 2 aromatic heterocycles. The second-order valence-corrected chi connectivity index (χ2v) is 8.38. The van der Waals surface area contributed by atoms with E-state index in [0.717, 1.165) is 47.4 Å². The Morgan fingerprint density at radius 3 is 2.63 bits per heavy atom. The highest BCUT2D eigenvalue weighted by molar-refractivity contribution is 8.13. The Bertz CT molecular complexity index is 1180. The summed E-state index contributed by atoms with van der Waals surface area (Å²) in [6.45, 7) is 3.25. The zero-order valence-electron chi connectivity index (χ0n) is 16.6. The van der Waals surface area contributed by atoms with Gasteiger partial charge < -0.3 is 15.4 Å². The highest BCUT2D eigenvalue weighted by Gasteiger charge is 2.18. The van der Waals surface area contributed by atoms with E-state index in [0.29, 0.717) is 5.69 Å². The maximum atomic E-state index is 9.73. The molecule has 0 spiro atoms. The zero-order valence-corrected chi connectivity index (χ0v) is 17.4. The lowest BCUT2D eigenvalue weighted by molar-refractivity contribution is 0.145. The van der Waals surface area contributed by atoms with E-state index in [1.165, 1.54) is 16.4 Å². The Hall–Kier alpha value is -3.04. The summed E-state index contributed by atoms with van der Waals surface area (Å²) in [5, 5.41) is 39.2. The van der Waals surface area contributed by atoms with Crippen LogP contribution in [-0.2, 0) is 0 Å². The van der Waals surface area contributed by atoms with Gasteiger partial charge in [0.1, 0.15) is 11.2 Å². The third-order valence-electron chi connectivity index (χ3n) is 5.09. The van der Waals surface area contributed by atoms with Crippen LogP contribution in [0.2, 0.25) is 0 Å². The lowest BCUT2D eigenvalue weighted by Gasteiger charge is -2.31. The number of piperidine rings is 1. The fraction of sp³-hybridized carbons (Fsp3) is 0.286. The fourth-order valence-electron chi connectivity index (χ4n) is 3.39. The second kappa shape index (κ2) is 8.37. The first-order valence-corrected chi connectivity index (χ1v) is 10.5. The number of aliphatic hydroxyl groups is 1. The van der Waals surface area contributed by atoms with E-state index in [4.69, 9.17) is 16.2 Å². The van der Waals surface area contributed by atoms with Gasteiger partial charge in [0.15, 0.2) is 5.17 Å². The molecule has 1 fully saturated rings. The number of hydrogen-bond donors (Lipinski definition) is 4. The number of benzene rings is 1. The Kier molecular flexibility index (Phi) is 5.65. The van der Waals surface area contributed by atoms with Gasteiger partial charge in [-0.25, -0.2) is 0 Å². The third kappa shape index (κ3) is 4.27. The predicted octanol–water partition coefficient (Wildman–Crippen LogP) is 2.83. The number of nitrogens with one attached hydrogen (secondary N) is 3. The van der Waals surface area contributed by atoms with Gasteiger partial charge in [-0.2, -0.15) is 9.78 Å². The number of hydrogen-bond acceptors (Lipinski definition) is 8. The lowest BCUT2D eigenvalue weighted by Crippen LogP contribution is -2.35. The number of rotatable bonds is 3. The van der Waals surface area contributed by atoms with Crippen LogP contribution in [0.4, 0.5) is 5.69 Å².